The average Bonchev–Trinajstić information content (AvgIpc) is 2.42. The monoisotopic (exact) mass is 285 g/mol. The Kier molecular flexibility index (Phi) is 6.50. The van der Waals surface area contributed by atoms with Crippen molar-refractivity contribution in [2.24, 2.45) is 0 Å². The molecule has 0 saturated carbocycles. The van der Waals surface area contributed by atoms with Crippen LogP contribution in [0.25, 0.3) is 0 Å². The summed E-state index contributed by atoms with van der Waals surface area (Å²) in [6.45, 7) is 2.53. The molecule has 106 valence electrons. The van der Waals surface area contributed by atoms with E-state index < -0.39 is 0 Å². The Labute approximate surface area is 119 Å². The van der Waals surface area contributed by atoms with Crippen molar-refractivity contribution in [3.8, 4) is 11.5 Å². The number of carbonyl (C=O) groups excluding carboxylic acids is 1. The van der Waals surface area contributed by atoms with Gasteiger partial charge in [0.1, 0.15) is 0 Å². The Morgan fingerprint density at radius 3 is 2.68 bits per heavy atom. The number of halogens is 1. The molecule has 0 fully saturated rings. The van der Waals surface area contributed by atoms with Crippen LogP contribution in [0.3, 0.4) is 0 Å². The largest absolute Gasteiger partial charge is 0.493 e. The number of hydrogen-bond acceptors (Lipinski definition) is 3. The van der Waals surface area contributed by atoms with Crippen molar-refractivity contribution >= 4 is 17.5 Å². The number of alkyl halides is 1. The molecule has 1 amide bonds. The fraction of sp³-hybridized carbons (Fsp3) is 0.500. The van der Waals surface area contributed by atoms with Crippen molar-refractivity contribution in [1.82, 2.24) is 5.32 Å². The lowest BCUT2D eigenvalue weighted by Crippen LogP contribution is -2.25. The molecule has 0 spiro atoms. The van der Waals surface area contributed by atoms with E-state index >= 15 is 0 Å². The molecule has 1 unspecified atom stereocenters. The third-order valence-corrected chi connectivity index (χ3v) is 2.93. The maximum Gasteiger partial charge on any atom is 0.255 e. The lowest BCUT2D eigenvalue weighted by atomic mass is 10.1. The van der Waals surface area contributed by atoms with Crippen LogP contribution in [0.15, 0.2) is 18.2 Å². The molecule has 0 saturated heterocycles. The Morgan fingerprint density at radius 2 is 2.11 bits per heavy atom. The molecule has 5 heteroatoms. The summed E-state index contributed by atoms with van der Waals surface area (Å²) in [5, 5.41) is 2.98. The zero-order valence-corrected chi connectivity index (χ0v) is 12.3. The highest BCUT2D eigenvalue weighted by Gasteiger charge is 2.15. The summed E-state index contributed by atoms with van der Waals surface area (Å²) in [7, 11) is 3.06. The van der Waals surface area contributed by atoms with Gasteiger partial charge in [-0.25, -0.2) is 0 Å². The first-order chi connectivity index (χ1) is 9.10. The molecule has 19 heavy (non-hydrogen) atoms. The van der Waals surface area contributed by atoms with Gasteiger partial charge in [-0.3, -0.25) is 4.79 Å². The lowest BCUT2D eigenvalue weighted by Gasteiger charge is -2.12. The van der Waals surface area contributed by atoms with Crippen molar-refractivity contribution in [2.75, 3.05) is 20.8 Å². The highest BCUT2D eigenvalue weighted by atomic mass is 35.5. The molecular weight excluding hydrogens is 266 g/mol. The molecule has 0 aliphatic heterocycles. The Balaban J connectivity index is 2.66. The van der Waals surface area contributed by atoms with Gasteiger partial charge in [0, 0.05) is 11.9 Å². The predicted molar refractivity (Wildman–Crippen MR) is 76.4 cm³/mol. The quantitative estimate of drug-likeness (QED) is 0.619. The zero-order chi connectivity index (χ0) is 14.3. The summed E-state index contributed by atoms with van der Waals surface area (Å²) in [6.07, 6.45) is 1.72. The van der Waals surface area contributed by atoms with E-state index in [-0.39, 0.29) is 11.3 Å². The van der Waals surface area contributed by atoms with Gasteiger partial charge in [0.2, 0.25) is 0 Å². The summed E-state index contributed by atoms with van der Waals surface area (Å²) in [5.74, 6) is 0.829. The summed E-state index contributed by atoms with van der Waals surface area (Å²) in [6, 6.07) is 5.22. The second kappa shape index (κ2) is 7.89. The number of carbonyl (C=O) groups is 1. The van der Waals surface area contributed by atoms with Gasteiger partial charge < -0.3 is 14.8 Å². The third-order valence-electron chi connectivity index (χ3n) is 2.71. The number of rotatable bonds is 7. The molecule has 4 nitrogen and oxygen atoms in total. The first kappa shape index (κ1) is 15.6. The van der Waals surface area contributed by atoms with Gasteiger partial charge in [-0.15, -0.1) is 11.6 Å². The van der Waals surface area contributed by atoms with Crippen molar-refractivity contribution in [3.05, 3.63) is 23.8 Å². The molecule has 1 N–H and O–H groups in total. The number of benzene rings is 1. The molecule has 0 heterocycles. The fourth-order valence-electron chi connectivity index (χ4n) is 1.75. The average molecular weight is 286 g/mol. The minimum atomic E-state index is -0.169. The Bertz CT molecular complexity index is 421. The van der Waals surface area contributed by atoms with E-state index in [0.29, 0.717) is 23.6 Å². The van der Waals surface area contributed by atoms with Gasteiger partial charge in [-0.2, -0.15) is 0 Å². The normalized spacial score (nSPS) is 11.8. The zero-order valence-electron chi connectivity index (χ0n) is 11.5. The second-order valence-corrected chi connectivity index (χ2v) is 4.97. The predicted octanol–water partition coefficient (Wildman–Crippen LogP) is 2.84. The summed E-state index contributed by atoms with van der Waals surface area (Å²) >= 11 is 5.85. The van der Waals surface area contributed by atoms with E-state index in [1.165, 1.54) is 7.11 Å². The summed E-state index contributed by atoms with van der Waals surface area (Å²) < 4.78 is 10.4. The number of nitrogens with one attached hydrogen (secondary N) is 1. The Hall–Kier alpha value is -1.42. The van der Waals surface area contributed by atoms with Crippen LogP contribution < -0.4 is 14.8 Å². The Morgan fingerprint density at radius 1 is 1.37 bits per heavy atom. The van der Waals surface area contributed by atoms with Gasteiger partial charge in [0.05, 0.1) is 19.8 Å². The van der Waals surface area contributed by atoms with Crippen molar-refractivity contribution in [3.63, 3.8) is 0 Å². The molecule has 0 aliphatic rings. The summed E-state index contributed by atoms with van der Waals surface area (Å²) in [4.78, 5) is 12.1. The SMILES string of the molecule is COc1cccc(C(=O)NCCCC(C)Cl)c1OC. The van der Waals surface area contributed by atoms with Crippen LogP contribution in [0.2, 0.25) is 0 Å². The van der Waals surface area contributed by atoms with E-state index in [1.807, 2.05) is 6.92 Å². The maximum atomic E-state index is 12.1. The van der Waals surface area contributed by atoms with Crippen LogP contribution >= 0.6 is 11.6 Å². The minimum absolute atomic E-state index is 0.128. The van der Waals surface area contributed by atoms with Gasteiger partial charge in [0.15, 0.2) is 11.5 Å². The van der Waals surface area contributed by atoms with Crippen molar-refractivity contribution in [1.29, 1.82) is 0 Å². The van der Waals surface area contributed by atoms with Gasteiger partial charge in [0.25, 0.3) is 5.91 Å². The first-order valence-corrected chi connectivity index (χ1v) is 6.67. The van der Waals surface area contributed by atoms with Crippen LogP contribution in [-0.2, 0) is 0 Å². The first-order valence-electron chi connectivity index (χ1n) is 6.23. The molecule has 1 aromatic rings. The number of para-hydroxylation sites is 1. The van der Waals surface area contributed by atoms with E-state index in [9.17, 15) is 4.79 Å². The molecule has 0 aromatic heterocycles. The fourth-order valence-corrected chi connectivity index (χ4v) is 1.90. The highest BCUT2D eigenvalue weighted by molar-refractivity contribution is 6.20. The third kappa shape index (κ3) is 4.63. The van der Waals surface area contributed by atoms with Gasteiger partial charge in [-0.1, -0.05) is 6.07 Å². The molecule has 1 atom stereocenters. The van der Waals surface area contributed by atoms with Crippen molar-refractivity contribution in [2.45, 2.75) is 25.1 Å². The number of ether oxygens (including phenoxy) is 2. The van der Waals surface area contributed by atoms with E-state index in [1.54, 1.807) is 25.3 Å². The van der Waals surface area contributed by atoms with E-state index in [0.717, 1.165) is 12.8 Å². The van der Waals surface area contributed by atoms with Gasteiger partial charge in [-0.05, 0) is 31.9 Å². The molecular formula is C14H20ClNO3. The van der Waals surface area contributed by atoms with Crippen LogP contribution in [0.4, 0.5) is 0 Å². The smallest absolute Gasteiger partial charge is 0.255 e. The standard InChI is InChI=1S/C14H20ClNO3/c1-10(15)6-5-9-16-14(17)11-7-4-8-12(18-2)13(11)19-3/h4,7-8,10H,5-6,9H2,1-3H3,(H,16,17). The van der Waals surface area contributed by atoms with E-state index in [2.05, 4.69) is 5.32 Å². The second-order valence-electron chi connectivity index (χ2n) is 4.22. The molecule has 0 bridgehead atoms. The number of hydrogen-bond donors (Lipinski definition) is 1. The molecule has 0 radical (unpaired) electrons. The molecule has 1 rings (SSSR count). The van der Waals surface area contributed by atoms with Gasteiger partial charge >= 0.3 is 0 Å². The van der Waals surface area contributed by atoms with E-state index in [4.69, 9.17) is 21.1 Å². The van der Waals surface area contributed by atoms with Crippen LogP contribution in [0.5, 0.6) is 11.5 Å². The lowest BCUT2D eigenvalue weighted by molar-refractivity contribution is 0.0949. The summed E-state index contributed by atoms with van der Waals surface area (Å²) in [5.41, 5.74) is 0.473. The number of methoxy groups -OCH3 is 2. The molecule has 0 aliphatic carbocycles. The topological polar surface area (TPSA) is 47.6 Å². The van der Waals surface area contributed by atoms with Crippen LogP contribution in [0, 0.1) is 0 Å². The van der Waals surface area contributed by atoms with Crippen LogP contribution in [-0.4, -0.2) is 32.0 Å². The highest BCUT2D eigenvalue weighted by Crippen LogP contribution is 2.30. The van der Waals surface area contributed by atoms with Crippen molar-refractivity contribution < 1.29 is 14.3 Å². The maximum absolute atomic E-state index is 12.1. The molecule has 1 aromatic carbocycles. The van der Waals surface area contributed by atoms with Crippen LogP contribution in [0.1, 0.15) is 30.1 Å². The minimum Gasteiger partial charge on any atom is -0.493 e. The number of amides is 1.